The molecule has 4 rings (SSSR count). The predicted octanol–water partition coefficient (Wildman–Crippen LogP) is 0.662. The van der Waals surface area contributed by atoms with Crippen LogP contribution in [0.15, 0.2) is 24.4 Å². The highest BCUT2D eigenvalue weighted by atomic mass is 16.2. The largest absolute Gasteiger partial charge is 0.354 e. The standard InChI is InChI=1S/C19H29N5O/c25-19(24-7-4-16-13-20-14-17(16)5-8-24)15-22-9-11-23(12-10-22)18-3-1-2-6-21-18/h1-3,6,16-17,20H,4-5,7-15H2/t16-,17+. The number of pyridine rings is 1. The Labute approximate surface area is 150 Å². The molecule has 1 N–H and O–H groups in total. The fourth-order valence-electron chi connectivity index (χ4n) is 4.43. The number of anilines is 1. The van der Waals surface area contributed by atoms with E-state index in [9.17, 15) is 4.79 Å². The Morgan fingerprint density at radius 3 is 2.40 bits per heavy atom. The van der Waals surface area contributed by atoms with E-state index in [2.05, 4.69) is 31.1 Å². The van der Waals surface area contributed by atoms with Crippen LogP contribution < -0.4 is 10.2 Å². The maximum atomic E-state index is 12.7. The lowest BCUT2D eigenvalue weighted by Crippen LogP contribution is -2.50. The minimum atomic E-state index is 0.319. The number of carbonyl (C=O) groups excluding carboxylic acids is 1. The van der Waals surface area contributed by atoms with E-state index in [1.807, 2.05) is 18.3 Å². The first-order valence-electron chi connectivity index (χ1n) is 9.66. The van der Waals surface area contributed by atoms with Gasteiger partial charge < -0.3 is 15.1 Å². The molecule has 6 heteroatoms. The molecule has 0 bridgehead atoms. The molecule has 3 aliphatic rings. The molecule has 25 heavy (non-hydrogen) atoms. The zero-order valence-electron chi connectivity index (χ0n) is 14.9. The van der Waals surface area contributed by atoms with Crippen molar-refractivity contribution < 1.29 is 4.79 Å². The van der Waals surface area contributed by atoms with Crippen molar-refractivity contribution in [3.63, 3.8) is 0 Å². The molecule has 1 aromatic rings. The summed E-state index contributed by atoms with van der Waals surface area (Å²) in [7, 11) is 0. The second-order valence-corrected chi connectivity index (χ2v) is 7.59. The quantitative estimate of drug-likeness (QED) is 0.874. The van der Waals surface area contributed by atoms with Crippen molar-refractivity contribution >= 4 is 11.7 Å². The molecule has 0 aromatic carbocycles. The van der Waals surface area contributed by atoms with Crippen molar-refractivity contribution in [3.05, 3.63) is 24.4 Å². The Balaban J connectivity index is 1.25. The number of hydrogen-bond donors (Lipinski definition) is 1. The molecule has 136 valence electrons. The van der Waals surface area contributed by atoms with Crippen LogP contribution in [0.5, 0.6) is 0 Å². The SMILES string of the molecule is O=C(CN1CCN(c2ccccn2)CC1)N1CC[C@@H]2CNC[C@@H]2CC1. The number of rotatable bonds is 3. The average Bonchev–Trinajstić information content (AvgIpc) is 3.01. The van der Waals surface area contributed by atoms with Crippen molar-refractivity contribution in [3.8, 4) is 0 Å². The first kappa shape index (κ1) is 16.8. The predicted molar refractivity (Wildman–Crippen MR) is 98.6 cm³/mol. The van der Waals surface area contributed by atoms with E-state index in [4.69, 9.17) is 0 Å². The highest BCUT2D eigenvalue weighted by Gasteiger charge is 2.32. The molecule has 0 saturated carbocycles. The molecule has 3 saturated heterocycles. The number of nitrogens with zero attached hydrogens (tertiary/aromatic N) is 4. The van der Waals surface area contributed by atoms with Gasteiger partial charge in [-0.25, -0.2) is 4.98 Å². The van der Waals surface area contributed by atoms with Gasteiger partial charge in [0.05, 0.1) is 6.54 Å². The van der Waals surface area contributed by atoms with Gasteiger partial charge in [0.1, 0.15) is 5.82 Å². The van der Waals surface area contributed by atoms with E-state index in [-0.39, 0.29) is 0 Å². The lowest BCUT2D eigenvalue weighted by molar-refractivity contribution is -0.132. The van der Waals surface area contributed by atoms with Crippen LogP contribution in [0.2, 0.25) is 0 Å². The zero-order chi connectivity index (χ0) is 17.1. The van der Waals surface area contributed by atoms with Crippen LogP contribution in [0.3, 0.4) is 0 Å². The molecule has 0 radical (unpaired) electrons. The smallest absolute Gasteiger partial charge is 0.236 e. The molecule has 3 aliphatic heterocycles. The number of fused-ring (bicyclic) bond motifs is 1. The van der Waals surface area contributed by atoms with Gasteiger partial charge in [0.25, 0.3) is 0 Å². The van der Waals surface area contributed by atoms with Crippen molar-refractivity contribution in [2.45, 2.75) is 12.8 Å². The first-order valence-corrected chi connectivity index (χ1v) is 9.66. The number of carbonyl (C=O) groups is 1. The number of nitrogens with one attached hydrogen (secondary N) is 1. The molecule has 2 atom stereocenters. The minimum Gasteiger partial charge on any atom is -0.354 e. The average molecular weight is 343 g/mol. The Kier molecular flexibility index (Phi) is 5.17. The topological polar surface area (TPSA) is 51.7 Å². The molecular weight excluding hydrogens is 314 g/mol. The normalized spacial score (nSPS) is 27.8. The van der Waals surface area contributed by atoms with Gasteiger partial charge >= 0.3 is 0 Å². The molecular formula is C19H29N5O. The molecule has 6 nitrogen and oxygen atoms in total. The maximum Gasteiger partial charge on any atom is 0.236 e. The van der Waals surface area contributed by atoms with Crippen LogP contribution in [-0.4, -0.2) is 79.6 Å². The van der Waals surface area contributed by atoms with Crippen LogP contribution in [0.1, 0.15) is 12.8 Å². The second-order valence-electron chi connectivity index (χ2n) is 7.59. The van der Waals surface area contributed by atoms with Crippen molar-refractivity contribution in [2.75, 3.05) is 63.8 Å². The summed E-state index contributed by atoms with van der Waals surface area (Å²) >= 11 is 0. The molecule has 1 amide bonds. The van der Waals surface area contributed by atoms with Gasteiger partial charge in [-0.05, 0) is 49.9 Å². The van der Waals surface area contributed by atoms with Crippen molar-refractivity contribution in [2.24, 2.45) is 11.8 Å². The summed E-state index contributed by atoms with van der Waals surface area (Å²) in [5, 5.41) is 3.50. The van der Waals surface area contributed by atoms with Crippen molar-refractivity contribution in [1.82, 2.24) is 20.1 Å². The Morgan fingerprint density at radius 1 is 1.04 bits per heavy atom. The number of hydrogen-bond acceptors (Lipinski definition) is 5. The second kappa shape index (κ2) is 7.70. The summed E-state index contributed by atoms with van der Waals surface area (Å²) < 4.78 is 0. The highest BCUT2D eigenvalue weighted by molar-refractivity contribution is 5.78. The van der Waals surface area contributed by atoms with E-state index in [1.165, 1.54) is 0 Å². The van der Waals surface area contributed by atoms with Gasteiger partial charge in [-0.1, -0.05) is 6.07 Å². The molecule has 0 unspecified atom stereocenters. The van der Waals surface area contributed by atoms with Crippen LogP contribution in [0, 0.1) is 11.8 Å². The molecule has 3 fully saturated rings. The zero-order valence-corrected chi connectivity index (χ0v) is 14.9. The third-order valence-corrected chi connectivity index (χ3v) is 6.08. The summed E-state index contributed by atoms with van der Waals surface area (Å²) in [5.74, 6) is 2.92. The Bertz CT molecular complexity index is 558. The molecule has 4 heterocycles. The summed E-state index contributed by atoms with van der Waals surface area (Å²) in [6, 6.07) is 6.04. The van der Waals surface area contributed by atoms with E-state index < -0.39 is 0 Å². The van der Waals surface area contributed by atoms with Gasteiger partial charge in [-0.3, -0.25) is 9.69 Å². The summed E-state index contributed by atoms with van der Waals surface area (Å²) in [4.78, 5) is 23.9. The van der Waals surface area contributed by atoms with E-state index >= 15 is 0 Å². The first-order chi connectivity index (χ1) is 12.3. The van der Waals surface area contributed by atoms with Gasteiger partial charge in [-0.2, -0.15) is 0 Å². The fourth-order valence-corrected chi connectivity index (χ4v) is 4.43. The minimum absolute atomic E-state index is 0.319. The van der Waals surface area contributed by atoms with E-state index in [0.29, 0.717) is 12.5 Å². The summed E-state index contributed by atoms with van der Waals surface area (Å²) in [6.45, 7) is 8.50. The molecule has 0 spiro atoms. The third-order valence-electron chi connectivity index (χ3n) is 6.08. The lowest BCUT2D eigenvalue weighted by Gasteiger charge is -2.36. The van der Waals surface area contributed by atoms with Gasteiger partial charge in [-0.15, -0.1) is 0 Å². The van der Waals surface area contributed by atoms with Crippen LogP contribution in [0.25, 0.3) is 0 Å². The molecule has 1 aromatic heterocycles. The lowest BCUT2D eigenvalue weighted by atomic mass is 9.92. The number of aromatic nitrogens is 1. The number of piperazine rings is 1. The van der Waals surface area contributed by atoms with Gasteiger partial charge in [0.2, 0.25) is 5.91 Å². The van der Waals surface area contributed by atoms with Gasteiger partial charge in [0.15, 0.2) is 0 Å². The summed E-state index contributed by atoms with van der Waals surface area (Å²) in [6.07, 6.45) is 4.17. The van der Waals surface area contributed by atoms with E-state index in [1.54, 1.807) is 0 Å². The maximum absolute atomic E-state index is 12.7. The fraction of sp³-hybridized carbons (Fsp3) is 0.684. The monoisotopic (exact) mass is 343 g/mol. The number of amides is 1. The van der Waals surface area contributed by atoms with E-state index in [0.717, 1.165) is 82.9 Å². The van der Waals surface area contributed by atoms with Crippen LogP contribution >= 0.6 is 0 Å². The van der Waals surface area contributed by atoms with Crippen LogP contribution in [0.4, 0.5) is 5.82 Å². The third kappa shape index (κ3) is 3.96. The van der Waals surface area contributed by atoms with Crippen LogP contribution in [-0.2, 0) is 4.79 Å². The number of likely N-dealkylation sites (tertiary alicyclic amines) is 1. The Hall–Kier alpha value is -1.66. The highest BCUT2D eigenvalue weighted by Crippen LogP contribution is 2.27. The van der Waals surface area contributed by atoms with Crippen molar-refractivity contribution in [1.29, 1.82) is 0 Å². The summed E-state index contributed by atoms with van der Waals surface area (Å²) in [5.41, 5.74) is 0. The van der Waals surface area contributed by atoms with Gasteiger partial charge in [0, 0.05) is 45.5 Å². The Morgan fingerprint density at radius 2 is 1.76 bits per heavy atom. The molecule has 0 aliphatic carbocycles.